The third kappa shape index (κ3) is 3.56. The van der Waals surface area contributed by atoms with Crippen LogP contribution in [0.3, 0.4) is 0 Å². The average molecular weight is 408 g/mol. The van der Waals surface area contributed by atoms with Gasteiger partial charge in [0, 0.05) is 16.7 Å². The molecule has 0 atom stereocenters. The molecule has 0 N–H and O–H groups in total. The van der Waals surface area contributed by atoms with E-state index in [0.717, 1.165) is 5.56 Å². The highest BCUT2D eigenvalue weighted by Gasteiger charge is 2.22. The number of fused-ring (bicyclic) bond motifs is 1. The Hall–Kier alpha value is -2.98. The lowest BCUT2D eigenvalue weighted by atomic mass is 9.85. The number of hydrogen-bond acceptors (Lipinski definition) is 3. The van der Waals surface area contributed by atoms with E-state index in [2.05, 4.69) is 25.8 Å². The highest BCUT2D eigenvalue weighted by molar-refractivity contribution is 6.33. The van der Waals surface area contributed by atoms with Crippen molar-refractivity contribution in [1.29, 1.82) is 0 Å². The summed E-state index contributed by atoms with van der Waals surface area (Å²) in [5.41, 5.74) is 2.30. The molecule has 0 saturated carbocycles. The molecule has 0 aliphatic heterocycles. The van der Waals surface area contributed by atoms with Crippen LogP contribution in [0.1, 0.15) is 26.3 Å². The van der Waals surface area contributed by atoms with Gasteiger partial charge in [0.2, 0.25) is 0 Å². The van der Waals surface area contributed by atoms with Crippen LogP contribution in [0.4, 0.5) is 4.39 Å². The molecule has 0 amide bonds. The molecule has 1 heterocycles. The average Bonchev–Trinajstić information content (AvgIpc) is 2.67. The lowest BCUT2D eigenvalue weighted by molar-refractivity contribution is 0.555. The van der Waals surface area contributed by atoms with Gasteiger partial charge in [0.25, 0.3) is 0 Å². The maximum Gasteiger partial charge on any atom is 0.363 e. The second-order valence-electron chi connectivity index (χ2n) is 7.93. The van der Waals surface area contributed by atoms with E-state index in [1.54, 1.807) is 24.3 Å². The molecule has 5 heteroatoms. The number of aromatic nitrogens is 1. The number of halogens is 2. The van der Waals surface area contributed by atoms with Gasteiger partial charge in [-0.3, -0.25) is 0 Å². The molecule has 146 valence electrons. The Kier molecular flexibility index (Phi) is 4.75. The van der Waals surface area contributed by atoms with Crippen molar-refractivity contribution in [3.05, 3.63) is 87.5 Å². The van der Waals surface area contributed by atoms with Crippen molar-refractivity contribution in [2.24, 2.45) is 0 Å². The van der Waals surface area contributed by atoms with Crippen LogP contribution >= 0.6 is 11.6 Å². The van der Waals surface area contributed by atoms with Crippen molar-refractivity contribution in [2.75, 3.05) is 0 Å². The molecular formula is C24H19ClFNO2. The van der Waals surface area contributed by atoms with Crippen LogP contribution < -0.4 is 5.63 Å². The second-order valence-corrected chi connectivity index (χ2v) is 8.34. The minimum atomic E-state index is -0.582. The first-order valence-corrected chi connectivity index (χ1v) is 9.62. The highest BCUT2D eigenvalue weighted by Crippen LogP contribution is 2.38. The zero-order valence-corrected chi connectivity index (χ0v) is 17.0. The topological polar surface area (TPSA) is 43.1 Å². The van der Waals surface area contributed by atoms with E-state index in [1.165, 1.54) is 6.07 Å². The summed E-state index contributed by atoms with van der Waals surface area (Å²) in [6.45, 7) is 6.16. The maximum absolute atomic E-state index is 14.7. The minimum absolute atomic E-state index is 0.197. The van der Waals surface area contributed by atoms with Gasteiger partial charge in [0.05, 0.1) is 5.02 Å². The maximum atomic E-state index is 14.7. The molecule has 0 aliphatic rings. The molecule has 1 aromatic heterocycles. The number of hydrogen-bond donors (Lipinski definition) is 0. The predicted molar refractivity (Wildman–Crippen MR) is 115 cm³/mol. The molecule has 0 radical (unpaired) electrons. The molecule has 0 saturated heterocycles. The fourth-order valence-electron chi connectivity index (χ4n) is 3.26. The largest absolute Gasteiger partial charge is 0.419 e. The first-order valence-electron chi connectivity index (χ1n) is 9.25. The normalized spacial score (nSPS) is 11.8. The molecule has 0 spiro atoms. The summed E-state index contributed by atoms with van der Waals surface area (Å²) in [6.07, 6.45) is 0. The van der Waals surface area contributed by atoms with Gasteiger partial charge in [0.1, 0.15) is 11.3 Å². The zero-order chi connectivity index (χ0) is 20.8. The SMILES string of the molecule is CC(C)(C)c1cc(-c2c(F)cccc2Cl)c2oc(=O)c(-c3ccccc3)nc2c1. The van der Waals surface area contributed by atoms with Crippen LogP contribution in [0.2, 0.25) is 5.02 Å². The summed E-state index contributed by atoms with van der Waals surface area (Å²) in [7, 11) is 0. The summed E-state index contributed by atoms with van der Waals surface area (Å²) in [6, 6.07) is 17.3. The number of benzene rings is 3. The Bertz CT molecular complexity index is 1250. The van der Waals surface area contributed by atoms with E-state index in [1.807, 2.05) is 30.3 Å². The number of nitrogens with zero attached hydrogens (tertiary/aromatic N) is 1. The molecule has 3 nitrogen and oxygen atoms in total. The van der Waals surface area contributed by atoms with Gasteiger partial charge in [-0.1, -0.05) is 68.8 Å². The second kappa shape index (κ2) is 7.12. The predicted octanol–water partition coefficient (Wildman–Crippen LogP) is 6.61. The lowest BCUT2D eigenvalue weighted by Crippen LogP contribution is -2.13. The molecule has 0 bridgehead atoms. The summed E-state index contributed by atoms with van der Waals surface area (Å²) < 4.78 is 20.4. The molecule has 4 rings (SSSR count). The molecule has 0 fully saturated rings. The highest BCUT2D eigenvalue weighted by atomic mass is 35.5. The first kappa shape index (κ1) is 19.3. The van der Waals surface area contributed by atoms with Gasteiger partial charge < -0.3 is 4.42 Å². The van der Waals surface area contributed by atoms with Crippen LogP contribution in [0.15, 0.2) is 69.9 Å². The smallest absolute Gasteiger partial charge is 0.363 e. The molecular weight excluding hydrogens is 389 g/mol. The van der Waals surface area contributed by atoms with Gasteiger partial charge >= 0.3 is 5.63 Å². The van der Waals surface area contributed by atoms with E-state index >= 15 is 0 Å². The third-order valence-electron chi connectivity index (χ3n) is 4.84. The quantitative estimate of drug-likeness (QED) is 0.375. The fraction of sp³-hybridized carbons (Fsp3) is 0.167. The Morgan fingerprint density at radius 2 is 1.72 bits per heavy atom. The fourth-order valence-corrected chi connectivity index (χ4v) is 3.53. The van der Waals surface area contributed by atoms with Crippen molar-refractivity contribution in [1.82, 2.24) is 4.98 Å². The summed E-state index contributed by atoms with van der Waals surface area (Å²) >= 11 is 6.32. The van der Waals surface area contributed by atoms with Crippen LogP contribution in [0, 0.1) is 5.82 Å². The third-order valence-corrected chi connectivity index (χ3v) is 5.15. The van der Waals surface area contributed by atoms with E-state index in [-0.39, 0.29) is 27.3 Å². The van der Waals surface area contributed by atoms with Gasteiger partial charge in [0.15, 0.2) is 11.3 Å². The molecule has 29 heavy (non-hydrogen) atoms. The first-order chi connectivity index (χ1) is 13.8. The molecule has 3 aromatic carbocycles. The van der Waals surface area contributed by atoms with Gasteiger partial charge in [-0.25, -0.2) is 14.2 Å². The van der Waals surface area contributed by atoms with Gasteiger partial charge in [-0.2, -0.15) is 0 Å². The summed E-state index contributed by atoms with van der Waals surface area (Å²) in [5.74, 6) is -0.486. The lowest BCUT2D eigenvalue weighted by Gasteiger charge is -2.21. The standard InChI is InChI=1S/C24H19ClFNO2/c1-24(2,3)15-12-16(20-17(25)10-7-11-18(20)26)22-19(13-15)27-21(23(28)29-22)14-8-5-4-6-9-14/h4-13H,1-3H3. The van der Waals surface area contributed by atoms with Gasteiger partial charge in [-0.05, 0) is 35.2 Å². The monoisotopic (exact) mass is 407 g/mol. The van der Waals surface area contributed by atoms with E-state index in [9.17, 15) is 9.18 Å². The summed E-state index contributed by atoms with van der Waals surface area (Å²) in [4.78, 5) is 17.3. The molecule has 4 aromatic rings. The van der Waals surface area contributed by atoms with Crippen molar-refractivity contribution in [2.45, 2.75) is 26.2 Å². The Labute approximate surface area is 172 Å². The van der Waals surface area contributed by atoms with E-state index in [4.69, 9.17) is 16.0 Å². The van der Waals surface area contributed by atoms with Crippen LogP contribution in [0.25, 0.3) is 33.5 Å². The Morgan fingerprint density at radius 3 is 2.38 bits per heavy atom. The minimum Gasteiger partial charge on any atom is -0.419 e. The van der Waals surface area contributed by atoms with Crippen molar-refractivity contribution in [3.63, 3.8) is 0 Å². The van der Waals surface area contributed by atoms with Crippen molar-refractivity contribution in [3.8, 4) is 22.4 Å². The molecule has 0 aliphatic carbocycles. The zero-order valence-electron chi connectivity index (χ0n) is 16.3. The Balaban J connectivity index is 2.11. The molecule has 0 unspecified atom stereocenters. The van der Waals surface area contributed by atoms with Crippen LogP contribution in [-0.4, -0.2) is 4.98 Å². The van der Waals surface area contributed by atoms with Crippen LogP contribution in [-0.2, 0) is 5.41 Å². The number of rotatable bonds is 2. The van der Waals surface area contributed by atoms with Crippen molar-refractivity contribution < 1.29 is 8.81 Å². The Morgan fingerprint density at radius 1 is 1.00 bits per heavy atom. The summed E-state index contributed by atoms with van der Waals surface area (Å²) in [5, 5.41) is 0.243. The van der Waals surface area contributed by atoms with Gasteiger partial charge in [-0.15, -0.1) is 0 Å². The van der Waals surface area contributed by atoms with Crippen LogP contribution in [0.5, 0.6) is 0 Å². The van der Waals surface area contributed by atoms with Crippen molar-refractivity contribution >= 4 is 22.7 Å². The van der Waals surface area contributed by atoms with E-state index < -0.39 is 11.4 Å². The van der Waals surface area contributed by atoms with E-state index in [0.29, 0.717) is 16.6 Å².